The van der Waals surface area contributed by atoms with Gasteiger partial charge in [-0.15, -0.1) is 0 Å². The summed E-state index contributed by atoms with van der Waals surface area (Å²) in [6.07, 6.45) is 7.53. The molecular weight excluding hydrogens is 352 g/mol. The second-order valence-electron chi connectivity index (χ2n) is 7.77. The number of carbonyl (C=O) groups excluding carboxylic acids is 1. The molecule has 1 aliphatic heterocycles. The molecule has 28 heavy (non-hydrogen) atoms. The van der Waals surface area contributed by atoms with Gasteiger partial charge in [0.1, 0.15) is 11.6 Å². The molecule has 1 saturated heterocycles. The summed E-state index contributed by atoms with van der Waals surface area (Å²) in [6.45, 7) is 7.64. The Kier molecular flexibility index (Phi) is 5.43. The third-order valence-electron chi connectivity index (χ3n) is 5.46. The fraction of sp³-hybridized carbons (Fsp3) is 0.476. The number of benzene rings is 1. The number of rotatable bonds is 6. The van der Waals surface area contributed by atoms with Gasteiger partial charge in [-0.2, -0.15) is 0 Å². The predicted molar refractivity (Wildman–Crippen MR) is 110 cm³/mol. The van der Waals surface area contributed by atoms with Gasteiger partial charge in [0.25, 0.3) is 0 Å². The number of amides is 1. The van der Waals surface area contributed by atoms with Crippen LogP contribution in [0, 0.1) is 12.8 Å². The van der Waals surface area contributed by atoms with Gasteiger partial charge in [0, 0.05) is 24.6 Å². The summed E-state index contributed by atoms with van der Waals surface area (Å²) >= 11 is 0. The minimum absolute atomic E-state index is 0.000468. The standard InChI is InChI=1S/C21H28N6O/c1-15(13-27-11-8-22-16(27)2)21(28)23-17-6-7-18-19(12-17)25-20(24-18)14-26-9-4-3-5-10-26/h6-8,11-12,15H,3-5,9-10,13-14H2,1-2H3,(H,23,28)(H,24,25). The van der Waals surface area contributed by atoms with Crippen molar-refractivity contribution >= 4 is 22.6 Å². The number of hydrogen-bond donors (Lipinski definition) is 2. The Morgan fingerprint density at radius 2 is 2.11 bits per heavy atom. The summed E-state index contributed by atoms with van der Waals surface area (Å²) in [5.41, 5.74) is 2.69. The van der Waals surface area contributed by atoms with Crippen LogP contribution in [0.4, 0.5) is 5.69 Å². The maximum atomic E-state index is 12.6. The van der Waals surface area contributed by atoms with E-state index in [-0.39, 0.29) is 11.8 Å². The largest absolute Gasteiger partial charge is 0.341 e. The van der Waals surface area contributed by atoms with Crippen molar-refractivity contribution in [2.75, 3.05) is 18.4 Å². The molecule has 0 spiro atoms. The third-order valence-corrected chi connectivity index (χ3v) is 5.46. The molecule has 0 saturated carbocycles. The van der Waals surface area contributed by atoms with Gasteiger partial charge in [-0.05, 0) is 51.1 Å². The van der Waals surface area contributed by atoms with Crippen molar-refractivity contribution in [3.8, 4) is 0 Å². The van der Waals surface area contributed by atoms with Crippen LogP contribution in [0.25, 0.3) is 11.0 Å². The molecule has 0 bridgehead atoms. The first-order chi connectivity index (χ1) is 13.6. The minimum atomic E-state index is -0.153. The van der Waals surface area contributed by atoms with Gasteiger partial charge >= 0.3 is 0 Å². The Morgan fingerprint density at radius 1 is 1.29 bits per heavy atom. The molecule has 0 radical (unpaired) electrons. The highest BCUT2D eigenvalue weighted by molar-refractivity contribution is 5.94. The molecule has 1 aromatic carbocycles. The van der Waals surface area contributed by atoms with Crippen LogP contribution >= 0.6 is 0 Å². The van der Waals surface area contributed by atoms with Crippen LogP contribution in [-0.2, 0) is 17.9 Å². The first-order valence-corrected chi connectivity index (χ1v) is 10.1. The second kappa shape index (κ2) is 8.14. The van der Waals surface area contributed by atoms with Crippen molar-refractivity contribution in [3.63, 3.8) is 0 Å². The number of carbonyl (C=O) groups is 1. The molecule has 7 nitrogen and oxygen atoms in total. The average molecular weight is 380 g/mol. The van der Waals surface area contributed by atoms with E-state index in [0.717, 1.165) is 48.0 Å². The fourth-order valence-corrected chi connectivity index (χ4v) is 3.78. The molecule has 1 atom stereocenters. The lowest BCUT2D eigenvalue weighted by atomic mass is 10.1. The molecule has 3 heterocycles. The topological polar surface area (TPSA) is 78.8 Å². The van der Waals surface area contributed by atoms with Crippen LogP contribution < -0.4 is 5.32 Å². The van der Waals surface area contributed by atoms with Gasteiger partial charge in [0.2, 0.25) is 5.91 Å². The lowest BCUT2D eigenvalue weighted by Gasteiger charge is -2.25. The normalized spacial score (nSPS) is 16.4. The zero-order valence-corrected chi connectivity index (χ0v) is 16.6. The number of anilines is 1. The molecule has 1 unspecified atom stereocenters. The second-order valence-corrected chi connectivity index (χ2v) is 7.77. The maximum absolute atomic E-state index is 12.6. The van der Waals surface area contributed by atoms with E-state index in [9.17, 15) is 4.79 Å². The summed E-state index contributed by atoms with van der Waals surface area (Å²) in [5.74, 6) is 1.75. The lowest BCUT2D eigenvalue weighted by molar-refractivity contribution is -0.119. The molecule has 1 aliphatic rings. The number of nitrogens with zero attached hydrogens (tertiary/aromatic N) is 4. The first-order valence-electron chi connectivity index (χ1n) is 10.1. The van der Waals surface area contributed by atoms with Gasteiger partial charge in [0.15, 0.2) is 0 Å². The molecule has 7 heteroatoms. The predicted octanol–water partition coefficient (Wildman–Crippen LogP) is 3.33. The highest BCUT2D eigenvalue weighted by Gasteiger charge is 2.16. The van der Waals surface area contributed by atoms with Crippen molar-refractivity contribution < 1.29 is 4.79 Å². The number of likely N-dealkylation sites (tertiary alicyclic amines) is 1. The summed E-state index contributed by atoms with van der Waals surface area (Å²) < 4.78 is 2.00. The Morgan fingerprint density at radius 3 is 2.86 bits per heavy atom. The Labute approximate surface area is 165 Å². The van der Waals surface area contributed by atoms with Crippen molar-refractivity contribution in [2.45, 2.75) is 46.2 Å². The molecular formula is C21H28N6O. The van der Waals surface area contributed by atoms with E-state index < -0.39 is 0 Å². The van der Waals surface area contributed by atoms with Gasteiger partial charge in [-0.25, -0.2) is 9.97 Å². The molecule has 1 fully saturated rings. The van der Waals surface area contributed by atoms with Gasteiger partial charge < -0.3 is 14.9 Å². The van der Waals surface area contributed by atoms with E-state index in [4.69, 9.17) is 4.98 Å². The Balaban J connectivity index is 1.40. The van der Waals surface area contributed by atoms with Crippen LogP contribution in [0.1, 0.15) is 37.8 Å². The number of piperidine rings is 1. The Bertz CT molecular complexity index is 953. The molecule has 0 aliphatic carbocycles. The summed E-state index contributed by atoms with van der Waals surface area (Å²) in [5, 5.41) is 3.03. The molecule has 2 aromatic heterocycles. The number of aromatic amines is 1. The summed E-state index contributed by atoms with van der Waals surface area (Å²) in [6, 6.07) is 5.85. The number of nitrogens with one attached hydrogen (secondary N) is 2. The van der Waals surface area contributed by atoms with Crippen molar-refractivity contribution in [1.82, 2.24) is 24.4 Å². The monoisotopic (exact) mass is 380 g/mol. The minimum Gasteiger partial charge on any atom is -0.341 e. The third kappa shape index (κ3) is 4.25. The molecule has 1 amide bonds. The number of fused-ring (bicyclic) bond motifs is 1. The molecule has 4 rings (SSSR count). The van der Waals surface area contributed by atoms with Crippen LogP contribution in [0.2, 0.25) is 0 Å². The number of hydrogen-bond acceptors (Lipinski definition) is 4. The van der Waals surface area contributed by atoms with E-state index in [2.05, 4.69) is 20.2 Å². The number of aryl methyl sites for hydroxylation is 1. The van der Waals surface area contributed by atoms with Gasteiger partial charge in [-0.3, -0.25) is 9.69 Å². The van der Waals surface area contributed by atoms with Crippen molar-refractivity contribution in [3.05, 3.63) is 42.2 Å². The van der Waals surface area contributed by atoms with Gasteiger partial charge in [0.05, 0.1) is 23.5 Å². The van der Waals surface area contributed by atoms with Crippen molar-refractivity contribution in [1.29, 1.82) is 0 Å². The number of imidazole rings is 2. The first kappa shape index (κ1) is 18.7. The zero-order valence-electron chi connectivity index (χ0n) is 16.6. The van der Waals surface area contributed by atoms with E-state index in [1.807, 2.05) is 42.8 Å². The quantitative estimate of drug-likeness (QED) is 0.687. The van der Waals surface area contributed by atoms with Crippen LogP contribution in [0.3, 0.4) is 0 Å². The summed E-state index contributed by atoms with van der Waals surface area (Å²) in [7, 11) is 0. The van der Waals surface area contributed by atoms with Crippen LogP contribution in [0.15, 0.2) is 30.6 Å². The maximum Gasteiger partial charge on any atom is 0.229 e. The van der Waals surface area contributed by atoms with E-state index in [0.29, 0.717) is 6.54 Å². The highest BCUT2D eigenvalue weighted by Crippen LogP contribution is 2.20. The van der Waals surface area contributed by atoms with E-state index in [1.54, 1.807) is 6.20 Å². The molecule has 148 valence electrons. The molecule has 3 aromatic rings. The lowest BCUT2D eigenvalue weighted by Crippen LogP contribution is -2.29. The van der Waals surface area contributed by atoms with Crippen LogP contribution in [0.5, 0.6) is 0 Å². The van der Waals surface area contributed by atoms with Crippen LogP contribution in [-0.4, -0.2) is 43.4 Å². The fourth-order valence-electron chi connectivity index (χ4n) is 3.78. The highest BCUT2D eigenvalue weighted by atomic mass is 16.1. The van der Waals surface area contributed by atoms with Gasteiger partial charge in [-0.1, -0.05) is 13.3 Å². The zero-order chi connectivity index (χ0) is 19.5. The van der Waals surface area contributed by atoms with E-state index in [1.165, 1.54) is 19.3 Å². The summed E-state index contributed by atoms with van der Waals surface area (Å²) in [4.78, 5) is 27.3. The van der Waals surface area contributed by atoms with Crippen molar-refractivity contribution in [2.24, 2.45) is 5.92 Å². The average Bonchev–Trinajstić information content (AvgIpc) is 3.27. The molecule has 2 N–H and O–H groups in total. The number of H-pyrrole nitrogens is 1. The smallest absolute Gasteiger partial charge is 0.229 e. The number of aromatic nitrogens is 4. The van der Waals surface area contributed by atoms with E-state index >= 15 is 0 Å². The Hall–Kier alpha value is -2.67. The SMILES string of the molecule is Cc1nccn1CC(C)C(=O)Nc1ccc2nc(CN3CCCCC3)[nH]c2c1.